The summed E-state index contributed by atoms with van der Waals surface area (Å²) in [5, 5.41) is 0. The van der Waals surface area contributed by atoms with Gasteiger partial charge in [0.2, 0.25) is 0 Å². The van der Waals surface area contributed by atoms with Gasteiger partial charge in [-0.3, -0.25) is 24.0 Å². The molecular weight excluding hydrogens is 723 g/mol. The highest BCUT2D eigenvalue weighted by atomic mass is 16.2. The lowest BCUT2D eigenvalue weighted by Crippen LogP contribution is -2.29. The maximum atomic E-state index is 13.6. The number of fused-ring (bicyclic) bond motifs is 2. The standard InChI is InChI=1S/C49H47BN2O6/c1-11-33(16-13-29(5)49(8,9)10)34(12-2)17-14-30(6)52-46(56)39-22-20-37(26-42(39)48(52)58)44(54)27-35-18-15-32(23-40(35)45(50)55)24-43(53)36-19-21-38-31(7)51(28(3)4)47(57)41(38)25-36/h11-23,25-26,28H,1-2,7,24,27H2,3-6,8-10H3/b29-13+,30-14+,33-16+,34-17+. The Morgan fingerprint density at radius 2 is 1.24 bits per heavy atom. The molecule has 5 rings (SSSR count). The molecule has 0 spiro atoms. The number of hydrogen-bond donors (Lipinski definition) is 0. The van der Waals surface area contributed by atoms with Gasteiger partial charge in [-0.2, -0.15) is 0 Å². The van der Waals surface area contributed by atoms with E-state index in [-0.39, 0.29) is 58.2 Å². The molecule has 9 heteroatoms. The maximum absolute atomic E-state index is 13.6. The zero-order chi connectivity index (χ0) is 42.8. The summed E-state index contributed by atoms with van der Waals surface area (Å²) < 4.78 is 0. The molecule has 0 unspecified atom stereocenters. The largest absolute Gasteiger partial charge is 0.307 e. The summed E-state index contributed by atoms with van der Waals surface area (Å²) in [5.41, 5.74) is 5.70. The number of benzene rings is 3. The molecule has 2 aliphatic rings. The van der Waals surface area contributed by atoms with Gasteiger partial charge in [0, 0.05) is 58.1 Å². The Labute approximate surface area is 342 Å². The van der Waals surface area contributed by atoms with Gasteiger partial charge in [-0.15, -0.1) is 0 Å². The third-order valence-electron chi connectivity index (χ3n) is 10.6. The summed E-state index contributed by atoms with van der Waals surface area (Å²) in [6.45, 7) is 25.8. The van der Waals surface area contributed by atoms with Crippen LogP contribution in [0, 0.1) is 5.41 Å². The number of carbonyl (C=O) groups excluding carboxylic acids is 6. The van der Waals surface area contributed by atoms with E-state index in [1.165, 1.54) is 29.8 Å². The molecule has 3 aromatic rings. The molecule has 2 heterocycles. The third kappa shape index (κ3) is 8.59. The molecule has 2 aliphatic heterocycles. The number of amides is 3. The van der Waals surface area contributed by atoms with Crippen LogP contribution in [0.3, 0.4) is 0 Å². The number of ketones is 2. The fourth-order valence-corrected chi connectivity index (χ4v) is 6.80. The number of hydrogen-bond acceptors (Lipinski definition) is 6. The van der Waals surface area contributed by atoms with E-state index in [9.17, 15) is 28.8 Å². The Morgan fingerprint density at radius 3 is 1.79 bits per heavy atom. The third-order valence-corrected chi connectivity index (χ3v) is 10.6. The molecule has 0 saturated heterocycles. The molecule has 292 valence electrons. The first-order valence-corrected chi connectivity index (χ1v) is 19.0. The number of carbonyl (C=O) groups is 6. The van der Waals surface area contributed by atoms with E-state index >= 15 is 0 Å². The van der Waals surface area contributed by atoms with Gasteiger partial charge in [-0.05, 0) is 85.7 Å². The summed E-state index contributed by atoms with van der Waals surface area (Å²) in [6.07, 6.45) is 10.5. The van der Waals surface area contributed by atoms with E-state index in [4.69, 9.17) is 7.85 Å². The minimum atomic E-state index is -0.777. The van der Waals surface area contributed by atoms with E-state index < -0.39 is 23.3 Å². The summed E-state index contributed by atoms with van der Waals surface area (Å²) in [4.78, 5) is 82.3. The first-order chi connectivity index (χ1) is 27.3. The van der Waals surface area contributed by atoms with E-state index in [2.05, 4.69) is 47.4 Å². The van der Waals surface area contributed by atoms with Crippen molar-refractivity contribution in [2.75, 3.05) is 0 Å². The van der Waals surface area contributed by atoms with Crippen molar-refractivity contribution < 1.29 is 28.8 Å². The molecular formula is C49H47BN2O6. The second-order valence-corrected chi connectivity index (χ2v) is 15.8. The monoisotopic (exact) mass is 770 g/mol. The van der Waals surface area contributed by atoms with Crippen LogP contribution in [0.1, 0.15) is 127 Å². The maximum Gasteiger partial charge on any atom is 0.265 e. The molecule has 58 heavy (non-hydrogen) atoms. The van der Waals surface area contributed by atoms with Crippen LogP contribution in [-0.4, -0.2) is 58.7 Å². The molecule has 0 atom stereocenters. The van der Waals surface area contributed by atoms with Crippen molar-refractivity contribution in [1.82, 2.24) is 9.80 Å². The lowest BCUT2D eigenvalue weighted by atomic mass is 9.86. The van der Waals surface area contributed by atoms with E-state index in [1.54, 1.807) is 66.5 Å². The van der Waals surface area contributed by atoms with E-state index in [0.29, 0.717) is 39.2 Å². The van der Waals surface area contributed by atoms with Gasteiger partial charge in [0.05, 0.1) is 11.1 Å². The minimum Gasteiger partial charge on any atom is -0.307 e. The Hall–Kier alpha value is -6.48. The zero-order valence-corrected chi connectivity index (χ0v) is 34.2. The molecule has 8 nitrogen and oxygen atoms in total. The molecule has 3 amide bonds. The van der Waals surface area contributed by atoms with Crippen LogP contribution in [0.4, 0.5) is 0 Å². The number of nitrogens with zero attached hydrogens (tertiary/aromatic N) is 2. The number of imide groups is 1. The summed E-state index contributed by atoms with van der Waals surface area (Å²) in [5.74, 6) is -1.97. The van der Waals surface area contributed by atoms with Gasteiger partial charge < -0.3 is 9.69 Å². The second kappa shape index (κ2) is 16.9. The van der Waals surface area contributed by atoms with E-state index in [1.807, 2.05) is 26.0 Å². The van der Waals surface area contributed by atoms with Crippen molar-refractivity contribution in [3.8, 4) is 0 Å². The fraction of sp³-hybridized carbons (Fsp3) is 0.224. The van der Waals surface area contributed by atoms with Crippen molar-refractivity contribution in [3.63, 3.8) is 0 Å². The number of Topliss-reactive ketones (excluding diaryl/α,β-unsaturated/α-hetero) is 2. The average molecular weight is 771 g/mol. The van der Waals surface area contributed by atoms with E-state index in [0.717, 1.165) is 16.0 Å². The van der Waals surface area contributed by atoms with Gasteiger partial charge in [-0.25, -0.2) is 4.90 Å². The van der Waals surface area contributed by atoms with Crippen LogP contribution in [0.5, 0.6) is 0 Å². The van der Waals surface area contributed by atoms with Crippen LogP contribution in [0.2, 0.25) is 0 Å². The smallest absolute Gasteiger partial charge is 0.265 e. The number of allylic oxidation sites excluding steroid dienone is 10. The highest BCUT2D eigenvalue weighted by Crippen LogP contribution is 2.34. The van der Waals surface area contributed by atoms with Crippen molar-refractivity contribution in [3.05, 3.63) is 183 Å². The first kappa shape index (κ1) is 42.7. The van der Waals surface area contributed by atoms with Gasteiger partial charge in [0.1, 0.15) is 5.68 Å². The fourth-order valence-electron chi connectivity index (χ4n) is 6.80. The van der Waals surface area contributed by atoms with Crippen LogP contribution < -0.4 is 0 Å². The Morgan fingerprint density at radius 1 is 0.707 bits per heavy atom. The Kier molecular flexibility index (Phi) is 12.5. The average Bonchev–Trinajstić information content (AvgIpc) is 3.58. The Balaban J connectivity index is 1.32. The summed E-state index contributed by atoms with van der Waals surface area (Å²) in [7, 11) is 5.74. The highest BCUT2D eigenvalue weighted by molar-refractivity contribution is 6.62. The van der Waals surface area contributed by atoms with Crippen LogP contribution in [0.25, 0.3) is 5.70 Å². The number of rotatable bonds is 14. The van der Waals surface area contributed by atoms with Crippen LogP contribution >= 0.6 is 0 Å². The topological polar surface area (TPSA) is 109 Å². The van der Waals surface area contributed by atoms with Crippen LogP contribution in [0.15, 0.2) is 133 Å². The van der Waals surface area contributed by atoms with Crippen LogP contribution in [-0.2, 0) is 12.8 Å². The minimum absolute atomic E-state index is 0.00251. The molecule has 2 radical (unpaired) electrons. The summed E-state index contributed by atoms with van der Waals surface area (Å²) in [6, 6.07) is 13.9. The molecule has 0 bridgehead atoms. The second-order valence-electron chi connectivity index (χ2n) is 15.8. The van der Waals surface area contributed by atoms with Crippen molar-refractivity contribution >= 4 is 48.5 Å². The lowest BCUT2D eigenvalue weighted by Gasteiger charge is -2.21. The highest BCUT2D eigenvalue weighted by Gasteiger charge is 2.37. The van der Waals surface area contributed by atoms with Gasteiger partial charge in [0.15, 0.2) is 19.4 Å². The van der Waals surface area contributed by atoms with Crippen molar-refractivity contribution in [2.24, 2.45) is 5.41 Å². The first-order valence-electron chi connectivity index (χ1n) is 19.0. The predicted octanol–water partition coefficient (Wildman–Crippen LogP) is 9.40. The van der Waals surface area contributed by atoms with Gasteiger partial charge >= 0.3 is 0 Å². The van der Waals surface area contributed by atoms with Gasteiger partial charge in [0.25, 0.3) is 17.7 Å². The molecule has 0 fully saturated rings. The predicted molar refractivity (Wildman–Crippen MR) is 230 cm³/mol. The van der Waals surface area contributed by atoms with Crippen molar-refractivity contribution in [1.29, 1.82) is 0 Å². The molecule has 0 N–H and O–H groups in total. The lowest BCUT2D eigenvalue weighted by molar-refractivity contribution is 0.0702. The normalized spacial score (nSPS) is 15.0. The Bertz CT molecular complexity index is 2470. The SMILES string of the molecule is [B]C(=O)c1cc(CC(=O)c2ccc3c(c2)C(=O)N(C(C)C)C3=C)ccc1CC(=O)c1ccc2c(c1)C(=O)N(/C(C)=C/C=C(C=C)/C(C=C)=C/C=C(\C)C(C)(C)C)C2=O. The molecule has 3 aromatic carbocycles. The molecule has 0 aromatic heterocycles. The summed E-state index contributed by atoms with van der Waals surface area (Å²) >= 11 is 0. The molecule has 0 aliphatic carbocycles. The zero-order valence-electron chi connectivity index (χ0n) is 34.2. The molecule has 0 saturated carbocycles. The quantitative estimate of drug-likeness (QED) is 0.0700. The van der Waals surface area contributed by atoms with Crippen molar-refractivity contribution in [2.45, 2.75) is 67.3 Å². The van der Waals surface area contributed by atoms with Gasteiger partial charge in [-0.1, -0.05) is 107 Å².